The van der Waals surface area contributed by atoms with Gasteiger partial charge in [-0.05, 0) is 18.6 Å². The second kappa shape index (κ2) is 5.09. The maximum Gasteiger partial charge on any atom is 0.417 e. The molecule has 3 nitrogen and oxygen atoms in total. The topological polar surface area (TPSA) is 37.0 Å². The molecule has 0 aromatic carbocycles. The van der Waals surface area contributed by atoms with Crippen LogP contribution in [0.15, 0.2) is 18.3 Å². The molecule has 0 unspecified atom stereocenters. The molecule has 1 aliphatic heterocycles. The van der Waals surface area contributed by atoms with Crippen LogP contribution in [0.25, 0.3) is 0 Å². The molecule has 1 aliphatic rings. The number of aromatic nitrogens is 1. The van der Waals surface area contributed by atoms with Gasteiger partial charge < -0.3 is 10.6 Å². The second-order valence-corrected chi connectivity index (χ2v) is 4.25. The zero-order valence-corrected chi connectivity index (χ0v) is 9.47. The standard InChI is InChI=1S/C11H13F4N3/c12-8-3-9(16-5-8)6-18-10-2-1-7(4-17-10)11(13,14)15/h1-2,4,8-9,16H,3,5-6H2,(H,17,18)/t8-,9-/m0/s1. The Morgan fingerprint density at radius 3 is 2.67 bits per heavy atom. The Kier molecular flexibility index (Phi) is 3.70. The van der Waals surface area contributed by atoms with Gasteiger partial charge in [0.2, 0.25) is 0 Å². The molecule has 1 aromatic heterocycles. The van der Waals surface area contributed by atoms with E-state index in [9.17, 15) is 17.6 Å². The lowest BCUT2D eigenvalue weighted by Gasteiger charge is -2.12. The predicted octanol–water partition coefficient (Wildman–Crippen LogP) is 2.21. The van der Waals surface area contributed by atoms with Crippen molar-refractivity contribution in [2.24, 2.45) is 0 Å². The van der Waals surface area contributed by atoms with Gasteiger partial charge in [0.05, 0.1) is 5.56 Å². The summed E-state index contributed by atoms with van der Waals surface area (Å²) in [7, 11) is 0. The molecule has 1 saturated heterocycles. The first-order chi connectivity index (χ1) is 8.45. The van der Waals surface area contributed by atoms with Crippen LogP contribution in [0.1, 0.15) is 12.0 Å². The number of rotatable bonds is 3. The molecule has 7 heteroatoms. The van der Waals surface area contributed by atoms with E-state index in [-0.39, 0.29) is 6.04 Å². The molecule has 100 valence electrons. The Morgan fingerprint density at radius 1 is 1.39 bits per heavy atom. The van der Waals surface area contributed by atoms with Gasteiger partial charge in [-0.1, -0.05) is 0 Å². The van der Waals surface area contributed by atoms with Gasteiger partial charge in [0.1, 0.15) is 12.0 Å². The third kappa shape index (κ3) is 3.32. The van der Waals surface area contributed by atoms with Crippen molar-refractivity contribution >= 4 is 5.82 Å². The van der Waals surface area contributed by atoms with Crippen LogP contribution in [0.5, 0.6) is 0 Å². The van der Waals surface area contributed by atoms with Gasteiger partial charge in [-0.3, -0.25) is 0 Å². The molecule has 2 atom stereocenters. The number of nitrogens with one attached hydrogen (secondary N) is 2. The van der Waals surface area contributed by atoms with Crippen LogP contribution in [-0.4, -0.2) is 30.3 Å². The van der Waals surface area contributed by atoms with Gasteiger partial charge in [-0.25, -0.2) is 9.37 Å². The van der Waals surface area contributed by atoms with Crippen LogP contribution < -0.4 is 10.6 Å². The zero-order chi connectivity index (χ0) is 13.2. The Bertz CT molecular complexity index is 390. The van der Waals surface area contributed by atoms with Crippen LogP contribution in [0.4, 0.5) is 23.4 Å². The molecule has 0 amide bonds. The molecule has 0 aliphatic carbocycles. The fourth-order valence-electron chi connectivity index (χ4n) is 1.82. The molecule has 2 rings (SSSR count). The van der Waals surface area contributed by atoms with E-state index in [0.29, 0.717) is 25.3 Å². The van der Waals surface area contributed by atoms with Crippen molar-refractivity contribution in [3.05, 3.63) is 23.9 Å². The molecule has 1 aromatic rings. The summed E-state index contributed by atoms with van der Waals surface area (Å²) in [5.41, 5.74) is -0.782. The van der Waals surface area contributed by atoms with E-state index in [1.54, 1.807) is 0 Å². The number of halogens is 4. The summed E-state index contributed by atoms with van der Waals surface area (Å²) in [5.74, 6) is 0.354. The third-order valence-corrected chi connectivity index (χ3v) is 2.79. The van der Waals surface area contributed by atoms with Crippen LogP contribution in [0, 0.1) is 0 Å². The fraction of sp³-hybridized carbons (Fsp3) is 0.545. The number of nitrogens with zero attached hydrogens (tertiary/aromatic N) is 1. The predicted molar refractivity (Wildman–Crippen MR) is 59.0 cm³/mol. The highest BCUT2D eigenvalue weighted by Crippen LogP contribution is 2.28. The summed E-state index contributed by atoms with van der Waals surface area (Å²) in [6, 6.07) is 2.23. The van der Waals surface area contributed by atoms with E-state index >= 15 is 0 Å². The number of pyridine rings is 1. The van der Waals surface area contributed by atoms with Crippen molar-refractivity contribution in [3.8, 4) is 0 Å². The molecule has 2 heterocycles. The molecule has 2 N–H and O–H groups in total. The second-order valence-electron chi connectivity index (χ2n) is 4.25. The summed E-state index contributed by atoms with van der Waals surface area (Å²) >= 11 is 0. The molecular formula is C11H13F4N3. The molecule has 1 fully saturated rings. The van der Waals surface area contributed by atoms with Gasteiger partial charge in [-0.15, -0.1) is 0 Å². The van der Waals surface area contributed by atoms with E-state index in [4.69, 9.17) is 0 Å². The van der Waals surface area contributed by atoms with Gasteiger partial charge >= 0.3 is 6.18 Å². The lowest BCUT2D eigenvalue weighted by Crippen LogP contribution is -2.29. The van der Waals surface area contributed by atoms with Crippen LogP contribution in [0.2, 0.25) is 0 Å². The first-order valence-electron chi connectivity index (χ1n) is 5.60. The highest BCUT2D eigenvalue weighted by atomic mass is 19.4. The molecule has 0 radical (unpaired) electrons. The minimum absolute atomic E-state index is 0.0101. The molecule has 0 saturated carbocycles. The summed E-state index contributed by atoms with van der Waals surface area (Å²) in [6.07, 6.45) is -4.03. The minimum atomic E-state index is -4.38. The van der Waals surface area contributed by atoms with E-state index in [1.807, 2.05) is 0 Å². The Hall–Kier alpha value is -1.37. The fourth-order valence-corrected chi connectivity index (χ4v) is 1.82. The number of alkyl halides is 4. The summed E-state index contributed by atoms with van der Waals surface area (Å²) in [5, 5.41) is 5.85. The van der Waals surface area contributed by atoms with E-state index in [1.165, 1.54) is 6.07 Å². The largest absolute Gasteiger partial charge is 0.417 e. The Balaban J connectivity index is 1.87. The van der Waals surface area contributed by atoms with E-state index < -0.39 is 17.9 Å². The van der Waals surface area contributed by atoms with Crippen LogP contribution in [-0.2, 0) is 6.18 Å². The van der Waals surface area contributed by atoms with Crippen molar-refractivity contribution < 1.29 is 17.6 Å². The van der Waals surface area contributed by atoms with E-state index in [2.05, 4.69) is 15.6 Å². The van der Waals surface area contributed by atoms with Crippen molar-refractivity contribution in [2.45, 2.75) is 24.8 Å². The molecular weight excluding hydrogens is 250 g/mol. The number of hydrogen-bond acceptors (Lipinski definition) is 3. The van der Waals surface area contributed by atoms with E-state index in [0.717, 1.165) is 12.3 Å². The van der Waals surface area contributed by atoms with Crippen molar-refractivity contribution in [1.29, 1.82) is 0 Å². The Labute approximate surface area is 102 Å². The van der Waals surface area contributed by atoms with Gasteiger partial charge in [0, 0.05) is 25.3 Å². The van der Waals surface area contributed by atoms with Crippen molar-refractivity contribution in [2.75, 3.05) is 18.4 Å². The summed E-state index contributed by atoms with van der Waals surface area (Å²) in [4.78, 5) is 3.67. The maximum absolute atomic E-state index is 12.9. The monoisotopic (exact) mass is 263 g/mol. The van der Waals surface area contributed by atoms with Gasteiger partial charge in [0.15, 0.2) is 0 Å². The Morgan fingerprint density at radius 2 is 2.17 bits per heavy atom. The van der Waals surface area contributed by atoms with Crippen molar-refractivity contribution in [1.82, 2.24) is 10.3 Å². The first kappa shape index (κ1) is 13.1. The molecule has 18 heavy (non-hydrogen) atoms. The minimum Gasteiger partial charge on any atom is -0.369 e. The van der Waals surface area contributed by atoms with Crippen molar-refractivity contribution in [3.63, 3.8) is 0 Å². The van der Waals surface area contributed by atoms with Gasteiger partial charge in [0.25, 0.3) is 0 Å². The summed E-state index contributed by atoms with van der Waals surface area (Å²) < 4.78 is 49.7. The smallest absolute Gasteiger partial charge is 0.369 e. The lowest BCUT2D eigenvalue weighted by molar-refractivity contribution is -0.137. The zero-order valence-electron chi connectivity index (χ0n) is 9.47. The average molecular weight is 263 g/mol. The normalized spacial score (nSPS) is 24.2. The van der Waals surface area contributed by atoms with Crippen LogP contribution >= 0.6 is 0 Å². The summed E-state index contributed by atoms with van der Waals surface area (Å²) in [6.45, 7) is 0.769. The first-order valence-corrected chi connectivity index (χ1v) is 5.60. The quantitative estimate of drug-likeness (QED) is 0.821. The van der Waals surface area contributed by atoms with Gasteiger partial charge in [-0.2, -0.15) is 13.2 Å². The lowest BCUT2D eigenvalue weighted by atomic mass is 10.2. The average Bonchev–Trinajstić information content (AvgIpc) is 2.72. The maximum atomic E-state index is 12.9. The molecule has 0 spiro atoms. The molecule has 0 bridgehead atoms. The highest BCUT2D eigenvalue weighted by molar-refractivity contribution is 5.36. The number of anilines is 1. The highest BCUT2D eigenvalue weighted by Gasteiger charge is 2.30. The SMILES string of the molecule is F[C@@H]1CN[C@H](CNc2ccc(C(F)(F)F)cn2)C1. The van der Waals surface area contributed by atoms with Crippen LogP contribution in [0.3, 0.4) is 0 Å². The number of hydrogen-bond donors (Lipinski definition) is 2. The third-order valence-electron chi connectivity index (χ3n) is 2.79.